The van der Waals surface area contributed by atoms with Crippen LogP contribution in [-0.2, 0) is 10.8 Å². The highest BCUT2D eigenvalue weighted by molar-refractivity contribution is 7.85. The van der Waals surface area contributed by atoms with E-state index in [2.05, 4.69) is 0 Å². The van der Waals surface area contributed by atoms with Crippen molar-refractivity contribution >= 4 is 28.1 Å². The predicted octanol–water partition coefficient (Wildman–Crippen LogP) is 2.69. The van der Waals surface area contributed by atoms with Gasteiger partial charge in [-0.3, -0.25) is 4.21 Å². The third-order valence-electron chi connectivity index (χ3n) is 1.69. The first-order valence-corrected chi connectivity index (χ1v) is 6.14. The first-order chi connectivity index (χ1) is 6.50. The normalized spacial score (nSPS) is 13.1. The topological polar surface area (TPSA) is 43.1 Å². The molecule has 0 aliphatic heterocycles. The molecular formula is C10H14ClNOS. The van der Waals surface area contributed by atoms with Gasteiger partial charge in [-0.15, -0.1) is 0 Å². The summed E-state index contributed by atoms with van der Waals surface area (Å²) in [6, 6.07) is 5.07. The van der Waals surface area contributed by atoms with Gasteiger partial charge in [0.1, 0.15) is 0 Å². The van der Waals surface area contributed by atoms with Gasteiger partial charge in [0.25, 0.3) is 0 Å². The number of hydrogen-bond donors (Lipinski definition) is 1. The van der Waals surface area contributed by atoms with E-state index in [1.807, 2.05) is 13.8 Å². The lowest BCUT2D eigenvalue weighted by atomic mass is 10.3. The smallest absolute Gasteiger partial charge is 0.0594 e. The number of rotatable bonds is 3. The monoisotopic (exact) mass is 231 g/mol. The second kappa shape index (κ2) is 4.80. The van der Waals surface area contributed by atoms with Gasteiger partial charge < -0.3 is 5.73 Å². The number of anilines is 1. The van der Waals surface area contributed by atoms with E-state index < -0.39 is 10.8 Å². The van der Waals surface area contributed by atoms with E-state index in [1.165, 1.54) is 0 Å². The molecule has 14 heavy (non-hydrogen) atoms. The van der Waals surface area contributed by atoms with Gasteiger partial charge in [0.2, 0.25) is 0 Å². The molecule has 0 radical (unpaired) electrons. The number of nitrogens with two attached hydrogens (primary N) is 1. The van der Waals surface area contributed by atoms with Crippen molar-refractivity contribution < 1.29 is 4.21 Å². The average molecular weight is 232 g/mol. The lowest BCUT2D eigenvalue weighted by Crippen LogP contribution is -2.05. The van der Waals surface area contributed by atoms with Crippen LogP contribution in [0.25, 0.3) is 0 Å². The zero-order valence-corrected chi connectivity index (χ0v) is 9.86. The van der Waals surface area contributed by atoms with E-state index in [1.54, 1.807) is 18.2 Å². The zero-order chi connectivity index (χ0) is 10.7. The predicted molar refractivity (Wildman–Crippen MR) is 62.0 cm³/mol. The summed E-state index contributed by atoms with van der Waals surface area (Å²) in [4.78, 5) is 0.639. The van der Waals surface area contributed by atoms with E-state index in [9.17, 15) is 4.21 Å². The molecule has 0 bridgehead atoms. The molecule has 0 amide bonds. The van der Waals surface area contributed by atoms with Crippen molar-refractivity contribution in [2.75, 3.05) is 11.5 Å². The molecule has 0 spiro atoms. The fourth-order valence-electron chi connectivity index (χ4n) is 1.09. The van der Waals surface area contributed by atoms with Crippen molar-refractivity contribution in [2.45, 2.75) is 18.7 Å². The summed E-state index contributed by atoms with van der Waals surface area (Å²) in [5.74, 6) is 0.997. The van der Waals surface area contributed by atoms with E-state index in [4.69, 9.17) is 17.3 Å². The Bertz CT molecular complexity index is 352. The van der Waals surface area contributed by atoms with Gasteiger partial charge in [-0.25, -0.2) is 0 Å². The molecule has 1 aromatic carbocycles. The minimum absolute atomic E-state index is 0.383. The van der Waals surface area contributed by atoms with Gasteiger partial charge in [0.05, 0.1) is 20.7 Å². The molecule has 78 valence electrons. The van der Waals surface area contributed by atoms with Crippen molar-refractivity contribution in [1.82, 2.24) is 0 Å². The molecule has 0 aliphatic carbocycles. The molecule has 0 saturated carbocycles. The first kappa shape index (κ1) is 11.5. The fourth-order valence-corrected chi connectivity index (χ4v) is 2.80. The SMILES string of the molecule is CC(C)CS(=O)c1cc(N)ccc1Cl. The lowest BCUT2D eigenvalue weighted by Gasteiger charge is -2.07. The highest BCUT2D eigenvalue weighted by Gasteiger charge is 2.10. The maximum atomic E-state index is 11.8. The number of halogens is 1. The molecule has 2 nitrogen and oxygen atoms in total. The first-order valence-electron chi connectivity index (χ1n) is 4.44. The van der Waals surface area contributed by atoms with Gasteiger partial charge in [0, 0.05) is 11.4 Å². The van der Waals surface area contributed by atoms with E-state index >= 15 is 0 Å². The van der Waals surface area contributed by atoms with Crippen LogP contribution in [0.2, 0.25) is 5.02 Å². The Kier molecular flexibility index (Phi) is 3.96. The maximum Gasteiger partial charge on any atom is 0.0594 e. The van der Waals surface area contributed by atoms with Gasteiger partial charge in [0.15, 0.2) is 0 Å². The molecule has 4 heteroatoms. The highest BCUT2D eigenvalue weighted by Crippen LogP contribution is 2.23. The summed E-state index contributed by atoms with van der Waals surface area (Å²) in [6.07, 6.45) is 0. The van der Waals surface area contributed by atoms with Crippen LogP contribution < -0.4 is 5.73 Å². The third kappa shape index (κ3) is 3.00. The molecule has 0 aliphatic rings. The molecule has 0 heterocycles. The largest absolute Gasteiger partial charge is 0.399 e. The summed E-state index contributed by atoms with van der Waals surface area (Å²) in [5, 5.41) is 0.526. The summed E-state index contributed by atoms with van der Waals surface area (Å²) in [7, 11) is -1.05. The van der Waals surface area contributed by atoms with Crippen molar-refractivity contribution in [3.05, 3.63) is 23.2 Å². The fraction of sp³-hybridized carbons (Fsp3) is 0.400. The quantitative estimate of drug-likeness (QED) is 0.813. The Morgan fingerprint density at radius 3 is 2.71 bits per heavy atom. The standard InChI is InChI=1S/C10H14ClNOS/c1-7(2)6-14(13)10-5-8(12)3-4-9(10)11/h3-5,7H,6,12H2,1-2H3. The minimum Gasteiger partial charge on any atom is -0.399 e. The van der Waals surface area contributed by atoms with Crippen LogP contribution in [0.4, 0.5) is 5.69 Å². The van der Waals surface area contributed by atoms with Gasteiger partial charge in [-0.2, -0.15) is 0 Å². The summed E-state index contributed by atoms with van der Waals surface area (Å²) >= 11 is 5.93. The van der Waals surface area contributed by atoms with Gasteiger partial charge in [-0.05, 0) is 24.1 Å². The second-order valence-corrected chi connectivity index (χ2v) is 5.47. The Balaban J connectivity index is 2.94. The van der Waals surface area contributed by atoms with Crippen LogP contribution in [0, 0.1) is 5.92 Å². The van der Waals surface area contributed by atoms with Crippen LogP contribution in [0.3, 0.4) is 0 Å². The Morgan fingerprint density at radius 2 is 2.14 bits per heavy atom. The summed E-state index contributed by atoms with van der Waals surface area (Å²) in [5.41, 5.74) is 6.20. The maximum absolute atomic E-state index is 11.8. The summed E-state index contributed by atoms with van der Waals surface area (Å²) in [6.45, 7) is 4.05. The molecule has 0 saturated heterocycles. The van der Waals surface area contributed by atoms with Crippen LogP contribution in [0.15, 0.2) is 23.1 Å². The van der Waals surface area contributed by atoms with Crippen LogP contribution >= 0.6 is 11.6 Å². The van der Waals surface area contributed by atoms with Crippen molar-refractivity contribution in [2.24, 2.45) is 5.92 Å². The average Bonchev–Trinajstić information content (AvgIpc) is 2.08. The third-order valence-corrected chi connectivity index (χ3v) is 3.92. The minimum atomic E-state index is -1.05. The van der Waals surface area contributed by atoms with Gasteiger partial charge in [-0.1, -0.05) is 25.4 Å². The van der Waals surface area contributed by atoms with Crippen LogP contribution in [0.5, 0.6) is 0 Å². The highest BCUT2D eigenvalue weighted by atomic mass is 35.5. The molecule has 1 atom stereocenters. The number of nitrogen functional groups attached to an aromatic ring is 1. The Labute approximate surface area is 91.9 Å². The Hall–Kier alpha value is -0.540. The van der Waals surface area contributed by atoms with Crippen LogP contribution in [0.1, 0.15) is 13.8 Å². The lowest BCUT2D eigenvalue weighted by molar-refractivity contribution is 0.665. The van der Waals surface area contributed by atoms with Crippen LogP contribution in [-0.4, -0.2) is 9.96 Å². The van der Waals surface area contributed by atoms with Crippen molar-refractivity contribution in [1.29, 1.82) is 0 Å². The number of benzene rings is 1. The molecule has 1 unspecified atom stereocenters. The van der Waals surface area contributed by atoms with Crippen molar-refractivity contribution in [3.8, 4) is 0 Å². The van der Waals surface area contributed by atoms with Gasteiger partial charge >= 0.3 is 0 Å². The Morgan fingerprint density at radius 1 is 1.50 bits per heavy atom. The summed E-state index contributed by atoms with van der Waals surface area (Å²) < 4.78 is 11.8. The molecule has 2 N–H and O–H groups in total. The molecule has 0 fully saturated rings. The molecular weight excluding hydrogens is 218 g/mol. The molecule has 1 rings (SSSR count). The second-order valence-electron chi connectivity index (χ2n) is 3.60. The van der Waals surface area contributed by atoms with E-state index in [0.717, 1.165) is 0 Å². The molecule has 1 aromatic rings. The molecule has 0 aromatic heterocycles. The zero-order valence-electron chi connectivity index (χ0n) is 8.29. The van der Waals surface area contributed by atoms with E-state index in [-0.39, 0.29) is 0 Å². The van der Waals surface area contributed by atoms with E-state index in [0.29, 0.717) is 27.3 Å². The number of hydrogen-bond acceptors (Lipinski definition) is 2. The van der Waals surface area contributed by atoms with Crippen molar-refractivity contribution in [3.63, 3.8) is 0 Å².